The zero-order valence-electron chi connectivity index (χ0n) is 10.5. The van der Waals surface area contributed by atoms with Crippen LogP contribution in [0.1, 0.15) is 44.2 Å². The molecule has 0 aromatic heterocycles. The predicted octanol–water partition coefficient (Wildman–Crippen LogP) is 3.23. The maximum atomic E-state index is 14.0. The molecular weight excluding hydrogens is 215 g/mol. The Morgan fingerprint density at radius 3 is 2.35 bits per heavy atom. The van der Waals surface area contributed by atoms with Crippen LogP contribution in [0.25, 0.3) is 0 Å². The highest BCUT2D eigenvalue weighted by atomic mass is 19.1. The third-order valence-electron chi connectivity index (χ3n) is 3.44. The van der Waals surface area contributed by atoms with Crippen LogP contribution in [-0.4, -0.2) is 13.1 Å². The minimum absolute atomic E-state index is 0.109. The summed E-state index contributed by atoms with van der Waals surface area (Å²) < 4.78 is 14.0. The Morgan fingerprint density at radius 2 is 1.82 bits per heavy atom. The van der Waals surface area contributed by atoms with Gasteiger partial charge in [-0.15, -0.1) is 0 Å². The van der Waals surface area contributed by atoms with E-state index in [-0.39, 0.29) is 11.9 Å². The molecule has 1 aliphatic rings. The van der Waals surface area contributed by atoms with Gasteiger partial charge in [-0.1, -0.05) is 18.9 Å². The maximum Gasteiger partial charge on any atom is 0.146 e. The van der Waals surface area contributed by atoms with Gasteiger partial charge >= 0.3 is 0 Å². The summed E-state index contributed by atoms with van der Waals surface area (Å²) in [5, 5.41) is 0. The van der Waals surface area contributed by atoms with Crippen molar-refractivity contribution in [3.63, 3.8) is 0 Å². The molecule has 3 heteroatoms. The van der Waals surface area contributed by atoms with Crippen LogP contribution in [-0.2, 0) is 0 Å². The molecule has 0 spiro atoms. The summed E-state index contributed by atoms with van der Waals surface area (Å²) in [6, 6.07) is 5.28. The van der Waals surface area contributed by atoms with Gasteiger partial charge in [0.25, 0.3) is 0 Å². The monoisotopic (exact) mass is 236 g/mol. The van der Waals surface area contributed by atoms with Crippen LogP contribution < -0.4 is 10.6 Å². The van der Waals surface area contributed by atoms with E-state index in [1.165, 1.54) is 12.8 Å². The Hall–Kier alpha value is -1.09. The molecule has 2 N–H and O–H groups in total. The van der Waals surface area contributed by atoms with Crippen LogP contribution >= 0.6 is 0 Å². The van der Waals surface area contributed by atoms with E-state index >= 15 is 0 Å². The molecule has 1 aromatic rings. The lowest BCUT2D eigenvalue weighted by atomic mass is 10.1. The highest BCUT2D eigenvalue weighted by Crippen LogP contribution is 2.25. The van der Waals surface area contributed by atoms with Crippen LogP contribution in [0.15, 0.2) is 18.2 Å². The number of anilines is 1. The zero-order valence-corrected chi connectivity index (χ0v) is 10.5. The Balaban J connectivity index is 2.19. The second kappa shape index (κ2) is 5.50. The van der Waals surface area contributed by atoms with Gasteiger partial charge in [0.1, 0.15) is 5.82 Å². The minimum atomic E-state index is -0.137. The number of nitrogens with two attached hydrogens (primary N) is 1. The lowest BCUT2D eigenvalue weighted by molar-refractivity contribution is 0.612. The van der Waals surface area contributed by atoms with Gasteiger partial charge in [-0.25, -0.2) is 4.39 Å². The quantitative estimate of drug-likeness (QED) is 0.854. The molecule has 94 valence electrons. The van der Waals surface area contributed by atoms with Crippen LogP contribution in [0.5, 0.6) is 0 Å². The smallest absolute Gasteiger partial charge is 0.146 e. The van der Waals surface area contributed by atoms with E-state index in [1.54, 1.807) is 6.07 Å². The first-order chi connectivity index (χ1) is 8.18. The molecule has 0 radical (unpaired) electrons. The standard InChI is InChI=1S/C14H21FN2/c1-11(16)12-6-7-14(13(15)10-12)17-8-4-2-3-5-9-17/h6-7,10-11H,2-5,8-9,16H2,1H3/t11-/m0/s1. The third kappa shape index (κ3) is 2.97. The number of nitrogens with zero attached hydrogens (tertiary/aromatic N) is 1. The average Bonchev–Trinajstić information content (AvgIpc) is 2.57. The third-order valence-corrected chi connectivity index (χ3v) is 3.44. The number of halogens is 1. The highest BCUT2D eigenvalue weighted by Gasteiger charge is 2.14. The molecule has 1 fully saturated rings. The van der Waals surface area contributed by atoms with Crippen molar-refractivity contribution < 1.29 is 4.39 Å². The minimum Gasteiger partial charge on any atom is -0.369 e. The van der Waals surface area contributed by atoms with Crippen LogP contribution in [0.3, 0.4) is 0 Å². The average molecular weight is 236 g/mol. The maximum absolute atomic E-state index is 14.0. The summed E-state index contributed by atoms with van der Waals surface area (Å²) in [6.45, 7) is 3.81. The fraction of sp³-hybridized carbons (Fsp3) is 0.571. The van der Waals surface area contributed by atoms with Gasteiger partial charge in [0.15, 0.2) is 0 Å². The Bertz CT molecular complexity index is 368. The first-order valence-electron chi connectivity index (χ1n) is 6.48. The second-order valence-corrected chi connectivity index (χ2v) is 4.90. The number of hydrogen-bond acceptors (Lipinski definition) is 2. The summed E-state index contributed by atoms with van der Waals surface area (Å²) in [4.78, 5) is 2.16. The molecule has 1 saturated heterocycles. The van der Waals surface area contributed by atoms with E-state index in [4.69, 9.17) is 5.73 Å². The lowest BCUT2D eigenvalue weighted by Gasteiger charge is -2.23. The predicted molar refractivity (Wildman–Crippen MR) is 69.7 cm³/mol. The molecule has 0 unspecified atom stereocenters. The number of rotatable bonds is 2. The van der Waals surface area contributed by atoms with Gasteiger partial charge in [0, 0.05) is 19.1 Å². The molecule has 1 atom stereocenters. The van der Waals surface area contributed by atoms with Gasteiger partial charge in [-0.3, -0.25) is 0 Å². The molecule has 1 heterocycles. The molecule has 0 saturated carbocycles. The van der Waals surface area contributed by atoms with Crippen LogP contribution in [0.2, 0.25) is 0 Å². The normalized spacial score (nSPS) is 18.9. The topological polar surface area (TPSA) is 29.3 Å². The van der Waals surface area contributed by atoms with E-state index in [2.05, 4.69) is 4.90 Å². The van der Waals surface area contributed by atoms with Crippen molar-refractivity contribution in [3.8, 4) is 0 Å². The molecule has 0 amide bonds. The van der Waals surface area contributed by atoms with E-state index in [9.17, 15) is 4.39 Å². The van der Waals surface area contributed by atoms with E-state index in [1.807, 2.05) is 19.1 Å². The van der Waals surface area contributed by atoms with Crippen LogP contribution in [0.4, 0.5) is 10.1 Å². The van der Waals surface area contributed by atoms with E-state index in [0.717, 1.165) is 37.2 Å². The van der Waals surface area contributed by atoms with Crippen molar-refractivity contribution in [2.45, 2.75) is 38.6 Å². The molecule has 17 heavy (non-hydrogen) atoms. The van der Waals surface area contributed by atoms with Crippen molar-refractivity contribution in [3.05, 3.63) is 29.6 Å². The first kappa shape index (κ1) is 12.4. The van der Waals surface area contributed by atoms with E-state index < -0.39 is 0 Å². The second-order valence-electron chi connectivity index (χ2n) is 4.90. The fourth-order valence-corrected chi connectivity index (χ4v) is 2.37. The van der Waals surface area contributed by atoms with E-state index in [0.29, 0.717) is 0 Å². The molecule has 1 aromatic carbocycles. The molecule has 1 aliphatic heterocycles. The Morgan fingerprint density at radius 1 is 1.18 bits per heavy atom. The SMILES string of the molecule is C[C@H](N)c1ccc(N2CCCCCC2)c(F)c1. The first-order valence-corrected chi connectivity index (χ1v) is 6.48. The van der Waals surface area contributed by atoms with Crippen molar-refractivity contribution in [2.75, 3.05) is 18.0 Å². The summed E-state index contributed by atoms with van der Waals surface area (Å²) in [6.07, 6.45) is 4.84. The molecular formula is C14H21FN2. The van der Waals surface area contributed by atoms with Gasteiger partial charge in [-0.05, 0) is 37.5 Å². The summed E-state index contributed by atoms with van der Waals surface area (Å²) in [5.74, 6) is -0.137. The van der Waals surface area contributed by atoms with Gasteiger partial charge < -0.3 is 10.6 Å². The number of hydrogen-bond donors (Lipinski definition) is 1. The molecule has 0 bridgehead atoms. The fourth-order valence-electron chi connectivity index (χ4n) is 2.37. The Kier molecular flexibility index (Phi) is 4.00. The summed E-state index contributed by atoms with van der Waals surface area (Å²) in [5.41, 5.74) is 7.35. The molecule has 2 nitrogen and oxygen atoms in total. The summed E-state index contributed by atoms with van der Waals surface area (Å²) >= 11 is 0. The highest BCUT2D eigenvalue weighted by molar-refractivity contribution is 5.49. The van der Waals surface area contributed by atoms with Gasteiger partial charge in [-0.2, -0.15) is 0 Å². The van der Waals surface area contributed by atoms with Crippen molar-refractivity contribution in [2.24, 2.45) is 5.73 Å². The van der Waals surface area contributed by atoms with Crippen LogP contribution in [0, 0.1) is 5.82 Å². The zero-order chi connectivity index (χ0) is 12.3. The Labute approximate surface area is 103 Å². The van der Waals surface area contributed by atoms with Crippen molar-refractivity contribution >= 4 is 5.69 Å². The van der Waals surface area contributed by atoms with Gasteiger partial charge in [0.2, 0.25) is 0 Å². The van der Waals surface area contributed by atoms with Crippen molar-refractivity contribution in [1.82, 2.24) is 0 Å². The molecule has 2 rings (SSSR count). The molecule has 0 aliphatic carbocycles. The summed E-state index contributed by atoms with van der Waals surface area (Å²) in [7, 11) is 0. The van der Waals surface area contributed by atoms with Gasteiger partial charge in [0.05, 0.1) is 5.69 Å². The number of benzene rings is 1. The lowest BCUT2D eigenvalue weighted by Crippen LogP contribution is -2.25. The van der Waals surface area contributed by atoms with Crippen molar-refractivity contribution in [1.29, 1.82) is 0 Å². The largest absolute Gasteiger partial charge is 0.369 e.